The van der Waals surface area contributed by atoms with E-state index in [0.29, 0.717) is 47.8 Å². The number of hydrogen-bond acceptors (Lipinski definition) is 6. The maximum atomic E-state index is 13.2. The van der Waals surface area contributed by atoms with Crippen LogP contribution in [0.25, 0.3) is 6.08 Å². The number of carbonyl (C=O) groups is 3. The molecule has 206 valence electrons. The highest BCUT2D eigenvalue weighted by Gasteiger charge is 2.37. The SMILES string of the molecule is CCOc1cc(/C=C2\SC(=O)N(CC(=O)N3CCc4ccccc4C3)C2=O)cc(Br)c1OCc1cccc(C)c1. The standard InChI is InChI=1S/C31H29BrN2O5S/c1-3-38-26-15-22(14-25(32)29(26)39-19-21-8-6-7-20(2)13-21)16-27-30(36)34(31(37)40-27)18-28(35)33-12-11-23-9-4-5-10-24(23)17-33/h4-10,13-16H,3,11-12,17-19H2,1-2H3/b27-16-. The molecule has 9 heteroatoms. The molecule has 0 aliphatic carbocycles. The van der Waals surface area contributed by atoms with Crippen LogP contribution >= 0.6 is 27.7 Å². The van der Waals surface area contributed by atoms with E-state index in [2.05, 4.69) is 28.1 Å². The molecule has 40 heavy (non-hydrogen) atoms. The molecule has 7 nitrogen and oxygen atoms in total. The van der Waals surface area contributed by atoms with Crippen LogP contribution in [0.2, 0.25) is 0 Å². The zero-order valence-electron chi connectivity index (χ0n) is 22.3. The maximum Gasteiger partial charge on any atom is 0.294 e. The van der Waals surface area contributed by atoms with Crippen LogP contribution in [-0.2, 0) is 29.2 Å². The summed E-state index contributed by atoms with van der Waals surface area (Å²) in [5, 5.41) is -0.454. The summed E-state index contributed by atoms with van der Waals surface area (Å²) in [5.74, 6) is 0.363. The first-order valence-corrected chi connectivity index (χ1v) is 14.7. The van der Waals surface area contributed by atoms with Crippen molar-refractivity contribution in [2.24, 2.45) is 0 Å². The Morgan fingerprint density at radius 3 is 2.62 bits per heavy atom. The van der Waals surface area contributed by atoms with Crippen molar-refractivity contribution >= 4 is 50.8 Å². The topological polar surface area (TPSA) is 76.2 Å². The van der Waals surface area contributed by atoms with Crippen LogP contribution in [0.15, 0.2) is 70.0 Å². The minimum absolute atomic E-state index is 0.241. The summed E-state index contributed by atoms with van der Waals surface area (Å²) in [4.78, 5) is 41.9. The minimum Gasteiger partial charge on any atom is -0.490 e. The molecule has 3 amide bonds. The van der Waals surface area contributed by atoms with Gasteiger partial charge in [-0.05, 0) is 88.4 Å². The van der Waals surface area contributed by atoms with Gasteiger partial charge in [-0.25, -0.2) is 0 Å². The fourth-order valence-electron chi connectivity index (χ4n) is 4.76. The van der Waals surface area contributed by atoms with Gasteiger partial charge in [0.1, 0.15) is 13.2 Å². The number of benzene rings is 3. The zero-order valence-corrected chi connectivity index (χ0v) is 24.7. The average molecular weight is 622 g/mol. The molecule has 0 radical (unpaired) electrons. The third-order valence-corrected chi connectivity index (χ3v) is 8.24. The third kappa shape index (κ3) is 6.26. The number of rotatable bonds is 8. The van der Waals surface area contributed by atoms with Crippen LogP contribution in [-0.4, -0.2) is 46.5 Å². The number of imide groups is 1. The van der Waals surface area contributed by atoms with Crippen molar-refractivity contribution in [2.45, 2.75) is 33.4 Å². The molecule has 1 saturated heterocycles. The second-order valence-corrected chi connectivity index (χ2v) is 11.5. The normalized spacial score (nSPS) is 15.9. The van der Waals surface area contributed by atoms with Gasteiger partial charge in [0.25, 0.3) is 11.1 Å². The quantitative estimate of drug-likeness (QED) is 0.273. The monoisotopic (exact) mass is 620 g/mol. The van der Waals surface area contributed by atoms with E-state index in [0.717, 1.165) is 39.8 Å². The molecule has 0 N–H and O–H groups in total. The second-order valence-electron chi connectivity index (χ2n) is 9.64. The van der Waals surface area contributed by atoms with Crippen LogP contribution in [0.5, 0.6) is 11.5 Å². The van der Waals surface area contributed by atoms with E-state index in [1.807, 2.05) is 56.3 Å². The van der Waals surface area contributed by atoms with Crippen LogP contribution in [0.4, 0.5) is 4.79 Å². The number of carbonyl (C=O) groups excluding carboxylic acids is 3. The van der Waals surface area contributed by atoms with Crippen molar-refractivity contribution in [2.75, 3.05) is 19.7 Å². The first-order valence-electron chi connectivity index (χ1n) is 13.1. The molecule has 0 bridgehead atoms. The first kappa shape index (κ1) is 28.0. The lowest BCUT2D eigenvalue weighted by Gasteiger charge is -2.29. The van der Waals surface area contributed by atoms with Gasteiger partial charge in [-0.15, -0.1) is 0 Å². The van der Waals surface area contributed by atoms with Crippen molar-refractivity contribution in [3.63, 3.8) is 0 Å². The van der Waals surface area contributed by atoms with Crippen LogP contribution < -0.4 is 9.47 Å². The van der Waals surface area contributed by atoms with Crippen LogP contribution in [0, 0.1) is 6.92 Å². The van der Waals surface area contributed by atoms with Crippen molar-refractivity contribution in [3.8, 4) is 11.5 Å². The Bertz CT molecular complexity index is 1500. The lowest BCUT2D eigenvalue weighted by molar-refractivity contribution is -0.136. The van der Waals surface area contributed by atoms with E-state index < -0.39 is 11.1 Å². The Balaban J connectivity index is 1.29. The molecule has 0 aromatic heterocycles. The maximum absolute atomic E-state index is 13.2. The number of thioether (sulfide) groups is 1. The molecule has 0 atom stereocenters. The molecular formula is C31H29BrN2O5S. The highest BCUT2D eigenvalue weighted by Crippen LogP contribution is 2.40. The van der Waals surface area contributed by atoms with E-state index in [1.54, 1.807) is 17.0 Å². The van der Waals surface area contributed by atoms with E-state index in [4.69, 9.17) is 9.47 Å². The van der Waals surface area contributed by atoms with Gasteiger partial charge in [0.2, 0.25) is 5.91 Å². The summed E-state index contributed by atoms with van der Waals surface area (Å²) in [6.07, 6.45) is 2.40. The van der Waals surface area contributed by atoms with E-state index in [9.17, 15) is 14.4 Å². The fraction of sp³-hybridized carbons (Fsp3) is 0.258. The number of hydrogen-bond donors (Lipinski definition) is 0. The molecule has 2 aliphatic heterocycles. The number of fused-ring (bicyclic) bond motifs is 1. The fourth-order valence-corrected chi connectivity index (χ4v) is 6.18. The van der Waals surface area contributed by atoms with E-state index >= 15 is 0 Å². The molecule has 2 heterocycles. The first-order chi connectivity index (χ1) is 19.3. The zero-order chi connectivity index (χ0) is 28.2. The molecule has 2 aliphatic rings. The third-order valence-electron chi connectivity index (χ3n) is 6.75. The van der Waals surface area contributed by atoms with Gasteiger partial charge in [0.15, 0.2) is 11.5 Å². The highest BCUT2D eigenvalue weighted by molar-refractivity contribution is 9.10. The molecule has 0 spiro atoms. The number of nitrogens with zero attached hydrogens (tertiary/aromatic N) is 2. The van der Waals surface area contributed by atoms with Crippen molar-refractivity contribution in [1.82, 2.24) is 9.80 Å². The van der Waals surface area contributed by atoms with Gasteiger partial charge < -0.3 is 14.4 Å². The summed E-state index contributed by atoms with van der Waals surface area (Å²) < 4.78 is 12.6. The summed E-state index contributed by atoms with van der Waals surface area (Å²) in [6.45, 7) is 5.48. The molecule has 5 rings (SSSR count). The lowest BCUT2D eigenvalue weighted by Crippen LogP contribution is -2.44. The van der Waals surface area contributed by atoms with E-state index in [1.165, 1.54) is 5.56 Å². The molecule has 1 fully saturated rings. The van der Waals surface area contributed by atoms with Crippen molar-refractivity contribution in [3.05, 3.63) is 97.9 Å². The second kappa shape index (κ2) is 12.3. The highest BCUT2D eigenvalue weighted by atomic mass is 79.9. The molecule has 0 saturated carbocycles. The smallest absolute Gasteiger partial charge is 0.294 e. The predicted molar refractivity (Wildman–Crippen MR) is 159 cm³/mol. The molecule has 0 unspecified atom stereocenters. The Hall–Kier alpha value is -3.56. The summed E-state index contributed by atoms with van der Waals surface area (Å²) in [7, 11) is 0. The van der Waals surface area contributed by atoms with E-state index in [-0.39, 0.29) is 17.4 Å². The number of aryl methyl sites for hydroxylation is 1. The summed E-state index contributed by atoms with van der Waals surface area (Å²) in [5.41, 5.74) is 5.18. The number of halogens is 1. The van der Waals surface area contributed by atoms with Gasteiger partial charge in [0, 0.05) is 13.1 Å². The Morgan fingerprint density at radius 1 is 1.05 bits per heavy atom. The van der Waals surface area contributed by atoms with Gasteiger partial charge in [0.05, 0.1) is 16.0 Å². The van der Waals surface area contributed by atoms with Crippen LogP contribution in [0.1, 0.15) is 34.7 Å². The largest absolute Gasteiger partial charge is 0.490 e. The average Bonchev–Trinajstić information content (AvgIpc) is 3.19. The Labute approximate surface area is 246 Å². The summed E-state index contributed by atoms with van der Waals surface area (Å²) >= 11 is 4.41. The molecule has 3 aromatic rings. The van der Waals surface area contributed by atoms with Gasteiger partial charge in [-0.3, -0.25) is 19.3 Å². The van der Waals surface area contributed by atoms with Crippen molar-refractivity contribution in [1.29, 1.82) is 0 Å². The minimum atomic E-state index is -0.477. The van der Waals surface area contributed by atoms with Crippen LogP contribution in [0.3, 0.4) is 0 Å². The predicted octanol–water partition coefficient (Wildman–Crippen LogP) is 6.36. The molecular weight excluding hydrogens is 592 g/mol. The number of amides is 3. The molecule has 3 aromatic carbocycles. The Kier molecular flexibility index (Phi) is 8.61. The van der Waals surface area contributed by atoms with Gasteiger partial charge >= 0.3 is 0 Å². The summed E-state index contributed by atoms with van der Waals surface area (Å²) in [6, 6.07) is 19.7. The van der Waals surface area contributed by atoms with Gasteiger partial charge in [-0.2, -0.15) is 0 Å². The Morgan fingerprint density at radius 2 is 1.85 bits per heavy atom. The number of ether oxygens (including phenoxy) is 2. The van der Waals surface area contributed by atoms with Crippen molar-refractivity contribution < 1.29 is 23.9 Å². The lowest BCUT2D eigenvalue weighted by atomic mass is 10.00. The van der Waals surface area contributed by atoms with Gasteiger partial charge in [-0.1, -0.05) is 54.1 Å².